The van der Waals surface area contributed by atoms with Gasteiger partial charge < -0.3 is 19.2 Å². The zero-order chi connectivity index (χ0) is 30.5. The summed E-state index contributed by atoms with van der Waals surface area (Å²) in [7, 11) is 1.52. The molecule has 1 aromatic heterocycles. The Hall–Kier alpha value is -4.50. The minimum atomic E-state index is -0.567. The number of hydrazone groups is 1. The third-order valence-electron chi connectivity index (χ3n) is 6.35. The molecular formula is C32H24Cl3N3O5. The SMILES string of the molecule is CCOc1cc(C=NNC(=O)c2[nH]c3c(Cl)cc(Cl)cc3c2-c2ccccc2Cl)ccc1OC(=O)c1cccc(OC)c1. The van der Waals surface area contributed by atoms with Gasteiger partial charge in [-0.1, -0.05) is 59.1 Å². The number of halogens is 3. The van der Waals surface area contributed by atoms with Crippen LogP contribution in [0.2, 0.25) is 15.1 Å². The van der Waals surface area contributed by atoms with Crippen LogP contribution in [-0.4, -0.2) is 36.8 Å². The molecule has 0 saturated carbocycles. The van der Waals surface area contributed by atoms with E-state index in [0.717, 1.165) is 0 Å². The maximum absolute atomic E-state index is 13.4. The normalized spacial score (nSPS) is 11.1. The van der Waals surface area contributed by atoms with Crippen molar-refractivity contribution >= 4 is 63.8 Å². The number of hydrogen-bond donors (Lipinski definition) is 2. The topological polar surface area (TPSA) is 102 Å². The molecule has 5 aromatic rings. The number of nitrogens with one attached hydrogen (secondary N) is 2. The molecule has 218 valence electrons. The van der Waals surface area contributed by atoms with Crippen molar-refractivity contribution in [1.82, 2.24) is 10.4 Å². The van der Waals surface area contributed by atoms with Crippen molar-refractivity contribution in [3.05, 3.63) is 111 Å². The maximum Gasteiger partial charge on any atom is 0.343 e. The second-order valence-corrected chi connectivity index (χ2v) is 10.4. The number of ether oxygens (including phenoxy) is 3. The van der Waals surface area contributed by atoms with Crippen LogP contribution in [0.5, 0.6) is 17.2 Å². The highest BCUT2D eigenvalue weighted by Gasteiger charge is 2.22. The van der Waals surface area contributed by atoms with E-state index in [2.05, 4.69) is 15.5 Å². The van der Waals surface area contributed by atoms with Crippen LogP contribution in [-0.2, 0) is 0 Å². The van der Waals surface area contributed by atoms with Gasteiger partial charge >= 0.3 is 5.97 Å². The van der Waals surface area contributed by atoms with Crippen molar-refractivity contribution in [3.63, 3.8) is 0 Å². The molecule has 2 N–H and O–H groups in total. The van der Waals surface area contributed by atoms with Gasteiger partial charge in [0.25, 0.3) is 5.91 Å². The van der Waals surface area contributed by atoms with E-state index < -0.39 is 11.9 Å². The number of carbonyl (C=O) groups is 2. The summed E-state index contributed by atoms with van der Waals surface area (Å²) in [5.74, 6) is 0.00319. The molecule has 11 heteroatoms. The summed E-state index contributed by atoms with van der Waals surface area (Å²) in [5, 5.41) is 5.99. The zero-order valence-electron chi connectivity index (χ0n) is 22.9. The average Bonchev–Trinajstić information content (AvgIpc) is 3.38. The number of aromatic amines is 1. The number of amides is 1. The fourth-order valence-electron chi connectivity index (χ4n) is 4.42. The van der Waals surface area contributed by atoms with Gasteiger partial charge in [0.2, 0.25) is 0 Å². The number of nitrogens with zero attached hydrogens (tertiary/aromatic N) is 1. The molecule has 8 nitrogen and oxygen atoms in total. The number of rotatable bonds is 9. The van der Waals surface area contributed by atoms with Crippen molar-refractivity contribution in [1.29, 1.82) is 0 Å². The molecule has 1 heterocycles. The summed E-state index contributed by atoms with van der Waals surface area (Å²) < 4.78 is 16.5. The predicted octanol–water partition coefficient (Wildman–Crippen LogP) is 8.19. The van der Waals surface area contributed by atoms with E-state index >= 15 is 0 Å². The molecule has 0 spiro atoms. The van der Waals surface area contributed by atoms with Crippen LogP contribution in [0.4, 0.5) is 0 Å². The van der Waals surface area contributed by atoms with Crippen molar-refractivity contribution in [2.75, 3.05) is 13.7 Å². The highest BCUT2D eigenvalue weighted by atomic mass is 35.5. The lowest BCUT2D eigenvalue weighted by atomic mass is 10.0. The van der Waals surface area contributed by atoms with Gasteiger partial charge in [0, 0.05) is 26.6 Å². The lowest BCUT2D eigenvalue weighted by molar-refractivity contribution is 0.0727. The lowest BCUT2D eigenvalue weighted by Gasteiger charge is -2.11. The zero-order valence-corrected chi connectivity index (χ0v) is 25.2. The first-order valence-electron chi connectivity index (χ1n) is 13.0. The minimum Gasteiger partial charge on any atom is -0.497 e. The van der Waals surface area contributed by atoms with Gasteiger partial charge in [0.05, 0.1) is 36.0 Å². The van der Waals surface area contributed by atoms with Crippen molar-refractivity contribution in [2.24, 2.45) is 5.10 Å². The monoisotopic (exact) mass is 635 g/mol. The van der Waals surface area contributed by atoms with Gasteiger partial charge in [0.15, 0.2) is 11.5 Å². The number of fused-ring (bicyclic) bond motifs is 1. The van der Waals surface area contributed by atoms with E-state index in [1.54, 1.807) is 72.8 Å². The molecule has 0 aliphatic rings. The van der Waals surface area contributed by atoms with Gasteiger partial charge in [0.1, 0.15) is 11.4 Å². The van der Waals surface area contributed by atoms with E-state index in [9.17, 15) is 9.59 Å². The van der Waals surface area contributed by atoms with Gasteiger partial charge in [-0.05, 0) is 67.1 Å². The smallest absolute Gasteiger partial charge is 0.343 e. The number of aromatic nitrogens is 1. The molecule has 0 fully saturated rings. The number of esters is 1. The largest absolute Gasteiger partial charge is 0.497 e. The Kier molecular flexibility index (Phi) is 9.21. The Labute approximate surface area is 262 Å². The highest BCUT2D eigenvalue weighted by molar-refractivity contribution is 6.39. The summed E-state index contributed by atoms with van der Waals surface area (Å²) >= 11 is 19.2. The van der Waals surface area contributed by atoms with Crippen LogP contribution in [0.3, 0.4) is 0 Å². The summed E-state index contributed by atoms with van der Waals surface area (Å²) in [6, 6.07) is 22.0. The summed E-state index contributed by atoms with van der Waals surface area (Å²) in [6.45, 7) is 2.14. The summed E-state index contributed by atoms with van der Waals surface area (Å²) in [5.41, 5.74) is 5.37. The molecule has 0 aliphatic carbocycles. The fourth-order valence-corrected chi connectivity index (χ4v) is 5.19. The quantitative estimate of drug-likeness (QED) is 0.0735. The predicted molar refractivity (Wildman–Crippen MR) is 169 cm³/mol. The molecule has 0 aliphatic heterocycles. The molecule has 0 radical (unpaired) electrons. The third-order valence-corrected chi connectivity index (χ3v) is 7.20. The summed E-state index contributed by atoms with van der Waals surface area (Å²) in [6.07, 6.45) is 1.44. The molecule has 5 rings (SSSR count). The first kappa shape index (κ1) is 30.0. The second-order valence-electron chi connectivity index (χ2n) is 9.12. The van der Waals surface area contributed by atoms with Crippen LogP contribution in [0.1, 0.15) is 33.3 Å². The van der Waals surface area contributed by atoms with E-state index in [4.69, 9.17) is 49.0 Å². The van der Waals surface area contributed by atoms with E-state index in [0.29, 0.717) is 66.3 Å². The lowest BCUT2D eigenvalue weighted by Crippen LogP contribution is -2.19. The van der Waals surface area contributed by atoms with Crippen LogP contribution in [0.15, 0.2) is 84.0 Å². The summed E-state index contributed by atoms with van der Waals surface area (Å²) in [4.78, 5) is 29.2. The van der Waals surface area contributed by atoms with Gasteiger partial charge in [-0.3, -0.25) is 4.79 Å². The fraction of sp³-hybridized carbons (Fsp3) is 0.0938. The molecule has 0 atom stereocenters. The minimum absolute atomic E-state index is 0.208. The van der Waals surface area contributed by atoms with E-state index in [1.807, 2.05) is 13.0 Å². The third kappa shape index (κ3) is 6.62. The standard InChI is InChI=1S/C32H24Cl3N3O5/c1-3-42-27-13-18(11-12-26(27)43-32(40)19-7-6-8-21(14-19)41-2)17-36-38-31(39)30-28(22-9-4-5-10-24(22)34)23-15-20(33)16-25(35)29(23)37-30/h4-17,37H,3H2,1-2H3,(H,38,39). The number of hydrogen-bond acceptors (Lipinski definition) is 6. The molecule has 1 amide bonds. The number of carbonyl (C=O) groups excluding carboxylic acids is 2. The van der Waals surface area contributed by atoms with Gasteiger partial charge in [-0.2, -0.15) is 5.10 Å². The number of methoxy groups -OCH3 is 1. The van der Waals surface area contributed by atoms with Gasteiger partial charge in [-0.15, -0.1) is 0 Å². The Morgan fingerprint density at radius 1 is 0.930 bits per heavy atom. The first-order valence-corrected chi connectivity index (χ1v) is 14.1. The van der Waals surface area contributed by atoms with Crippen LogP contribution >= 0.6 is 34.8 Å². The molecule has 43 heavy (non-hydrogen) atoms. The number of H-pyrrole nitrogens is 1. The first-order chi connectivity index (χ1) is 20.8. The molecule has 0 saturated heterocycles. The second kappa shape index (κ2) is 13.2. The van der Waals surface area contributed by atoms with Crippen LogP contribution < -0.4 is 19.6 Å². The molecule has 4 aromatic carbocycles. The molecule has 0 bridgehead atoms. The van der Waals surface area contributed by atoms with Crippen molar-refractivity contribution in [2.45, 2.75) is 6.92 Å². The number of benzene rings is 4. The molecular weight excluding hydrogens is 613 g/mol. The average molecular weight is 637 g/mol. The van der Waals surface area contributed by atoms with Crippen LogP contribution in [0, 0.1) is 0 Å². The van der Waals surface area contributed by atoms with Gasteiger partial charge in [-0.25, -0.2) is 10.2 Å². The van der Waals surface area contributed by atoms with E-state index in [-0.39, 0.29) is 11.4 Å². The van der Waals surface area contributed by atoms with Crippen molar-refractivity contribution in [3.8, 4) is 28.4 Å². The van der Waals surface area contributed by atoms with Crippen LogP contribution in [0.25, 0.3) is 22.0 Å². The Balaban J connectivity index is 1.39. The Bertz CT molecular complexity index is 1870. The Morgan fingerprint density at radius 3 is 2.51 bits per heavy atom. The maximum atomic E-state index is 13.4. The Morgan fingerprint density at radius 2 is 1.74 bits per heavy atom. The highest BCUT2D eigenvalue weighted by Crippen LogP contribution is 2.40. The van der Waals surface area contributed by atoms with Crippen molar-refractivity contribution < 1.29 is 23.8 Å². The van der Waals surface area contributed by atoms with E-state index in [1.165, 1.54) is 13.3 Å². The molecule has 0 unspecified atom stereocenters.